The molecule has 0 aromatic rings. The van der Waals surface area contributed by atoms with Crippen molar-refractivity contribution in [2.24, 2.45) is 17.8 Å². The molecule has 0 aromatic heterocycles. The SMILES string of the molecule is CC(C)[C@@H]1C[C@@H]2OC(=O)[C@@H]3C(O1)[C@H]23. The zero-order valence-electron chi connectivity index (χ0n) is 7.90. The Kier molecular flexibility index (Phi) is 1.36. The van der Waals surface area contributed by atoms with Crippen molar-refractivity contribution in [2.45, 2.75) is 38.6 Å². The number of hydrogen-bond acceptors (Lipinski definition) is 3. The maximum Gasteiger partial charge on any atom is 0.312 e. The highest BCUT2D eigenvalue weighted by Gasteiger charge is 2.69. The Morgan fingerprint density at radius 1 is 1.46 bits per heavy atom. The van der Waals surface area contributed by atoms with E-state index in [1.807, 2.05) is 0 Å². The highest BCUT2D eigenvalue weighted by atomic mass is 16.6. The summed E-state index contributed by atoms with van der Waals surface area (Å²) >= 11 is 0. The first-order valence-electron chi connectivity index (χ1n) is 5.04. The molecule has 13 heavy (non-hydrogen) atoms. The standard InChI is InChI=1S/C10H14O3/c1-4(2)5-3-6-7-8(9(7)12-5)10(11)13-6/h4-9H,3H2,1-2H3/t5-,6-,7+,8-,9?/m0/s1. The Morgan fingerprint density at radius 2 is 2.23 bits per heavy atom. The van der Waals surface area contributed by atoms with Crippen LogP contribution in [-0.4, -0.2) is 24.3 Å². The fourth-order valence-corrected chi connectivity index (χ4v) is 2.64. The predicted octanol–water partition coefficient (Wildman–Crippen LogP) is 0.971. The molecular weight excluding hydrogens is 168 g/mol. The first-order valence-corrected chi connectivity index (χ1v) is 5.04. The second-order valence-electron chi connectivity index (χ2n) is 4.70. The van der Waals surface area contributed by atoms with Gasteiger partial charge in [0.2, 0.25) is 0 Å². The molecule has 1 aliphatic carbocycles. The lowest BCUT2D eigenvalue weighted by Crippen LogP contribution is -2.36. The molecule has 2 saturated heterocycles. The summed E-state index contributed by atoms with van der Waals surface area (Å²) in [5.41, 5.74) is 0. The van der Waals surface area contributed by atoms with Crippen molar-refractivity contribution in [3.8, 4) is 0 Å². The van der Waals surface area contributed by atoms with Gasteiger partial charge in [-0.25, -0.2) is 0 Å². The van der Waals surface area contributed by atoms with E-state index in [0.717, 1.165) is 6.42 Å². The number of ether oxygens (including phenoxy) is 2. The van der Waals surface area contributed by atoms with Crippen LogP contribution in [0.5, 0.6) is 0 Å². The fraction of sp³-hybridized carbons (Fsp3) is 0.900. The van der Waals surface area contributed by atoms with Crippen LogP contribution in [0.3, 0.4) is 0 Å². The lowest BCUT2D eigenvalue weighted by atomic mass is 9.97. The van der Waals surface area contributed by atoms with Gasteiger partial charge in [0.1, 0.15) is 6.10 Å². The molecule has 2 heterocycles. The van der Waals surface area contributed by atoms with Gasteiger partial charge in [-0.2, -0.15) is 0 Å². The molecule has 3 aliphatic rings. The van der Waals surface area contributed by atoms with Crippen molar-refractivity contribution in [3.63, 3.8) is 0 Å². The molecule has 0 radical (unpaired) electrons. The fourth-order valence-electron chi connectivity index (χ4n) is 2.64. The monoisotopic (exact) mass is 182 g/mol. The summed E-state index contributed by atoms with van der Waals surface area (Å²) in [4.78, 5) is 11.2. The van der Waals surface area contributed by atoms with E-state index >= 15 is 0 Å². The third-order valence-corrected chi connectivity index (χ3v) is 3.52. The van der Waals surface area contributed by atoms with E-state index in [2.05, 4.69) is 13.8 Å². The number of rotatable bonds is 1. The van der Waals surface area contributed by atoms with Gasteiger partial charge in [-0.1, -0.05) is 13.8 Å². The highest BCUT2D eigenvalue weighted by Crippen LogP contribution is 2.56. The van der Waals surface area contributed by atoms with Crippen LogP contribution < -0.4 is 0 Å². The minimum atomic E-state index is -0.0257. The zero-order chi connectivity index (χ0) is 9.16. The van der Waals surface area contributed by atoms with Crippen LogP contribution in [0.1, 0.15) is 20.3 Å². The number of fused-ring (bicyclic) bond motifs is 1. The van der Waals surface area contributed by atoms with Crippen LogP contribution in [0.15, 0.2) is 0 Å². The van der Waals surface area contributed by atoms with Crippen molar-refractivity contribution in [3.05, 3.63) is 0 Å². The molecular formula is C10H14O3. The smallest absolute Gasteiger partial charge is 0.312 e. The Labute approximate surface area is 77.4 Å². The minimum absolute atomic E-state index is 0.0257. The predicted molar refractivity (Wildman–Crippen MR) is 45.0 cm³/mol. The van der Waals surface area contributed by atoms with E-state index in [0.29, 0.717) is 17.9 Å². The van der Waals surface area contributed by atoms with Crippen LogP contribution in [0, 0.1) is 17.8 Å². The van der Waals surface area contributed by atoms with E-state index in [-0.39, 0.29) is 24.1 Å². The van der Waals surface area contributed by atoms with E-state index in [1.165, 1.54) is 0 Å². The summed E-state index contributed by atoms with van der Waals surface area (Å²) in [6.07, 6.45) is 1.57. The van der Waals surface area contributed by atoms with Gasteiger partial charge in [0.25, 0.3) is 0 Å². The summed E-state index contributed by atoms with van der Waals surface area (Å²) in [5, 5.41) is 0. The molecule has 0 amide bonds. The second kappa shape index (κ2) is 2.27. The van der Waals surface area contributed by atoms with Gasteiger partial charge in [-0.15, -0.1) is 0 Å². The van der Waals surface area contributed by atoms with Crippen LogP contribution in [0.25, 0.3) is 0 Å². The molecule has 72 valence electrons. The van der Waals surface area contributed by atoms with Gasteiger partial charge < -0.3 is 9.47 Å². The molecule has 0 spiro atoms. The van der Waals surface area contributed by atoms with Crippen molar-refractivity contribution < 1.29 is 14.3 Å². The Balaban J connectivity index is 1.78. The molecule has 3 nitrogen and oxygen atoms in total. The van der Waals surface area contributed by atoms with Crippen LogP contribution in [0.2, 0.25) is 0 Å². The summed E-state index contributed by atoms with van der Waals surface area (Å²) in [6.45, 7) is 4.31. The average molecular weight is 182 g/mol. The van der Waals surface area contributed by atoms with Crippen molar-refractivity contribution in [1.82, 2.24) is 0 Å². The maximum atomic E-state index is 11.2. The molecule has 3 heteroatoms. The van der Waals surface area contributed by atoms with E-state index in [1.54, 1.807) is 0 Å². The van der Waals surface area contributed by atoms with Gasteiger partial charge in [-0.05, 0) is 5.92 Å². The second-order valence-corrected chi connectivity index (χ2v) is 4.70. The lowest BCUT2D eigenvalue weighted by Gasteiger charge is -2.30. The summed E-state index contributed by atoms with van der Waals surface area (Å²) in [6, 6.07) is 0. The van der Waals surface area contributed by atoms with Crippen LogP contribution in [-0.2, 0) is 14.3 Å². The molecule has 1 saturated carbocycles. The van der Waals surface area contributed by atoms with E-state index in [4.69, 9.17) is 9.47 Å². The topological polar surface area (TPSA) is 35.5 Å². The third kappa shape index (κ3) is 0.909. The Bertz CT molecular complexity index is 261. The highest BCUT2D eigenvalue weighted by molar-refractivity contribution is 5.80. The molecule has 3 fully saturated rings. The van der Waals surface area contributed by atoms with Gasteiger partial charge in [-0.3, -0.25) is 4.79 Å². The first-order chi connectivity index (χ1) is 6.18. The van der Waals surface area contributed by atoms with Gasteiger partial charge in [0, 0.05) is 12.3 Å². The number of esters is 1. The summed E-state index contributed by atoms with van der Waals surface area (Å²) < 4.78 is 11.1. The van der Waals surface area contributed by atoms with Crippen molar-refractivity contribution in [2.75, 3.05) is 0 Å². The Morgan fingerprint density at radius 3 is 2.85 bits per heavy atom. The Hall–Kier alpha value is -0.570. The molecule has 5 atom stereocenters. The van der Waals surface area contributed by atoms with Crippen molar-refractivity contribution in [1.29, 1.82) is 0 Å². The minimum Gasteiger partial charge on any atom is -0.462 e. The van der Waals surface area contributed by atoms with Crippen molar-refractivity contribution >= 4 is 5.97 Å². The summed E-state index contributed by atoms with van der Waals surface area (Å²) in [5.74, 6) is 1.000. The lowest BCUT2D eigenvalue weighted by molar-refractivity contribution is -0.160. The molecule has 0 N–H and O–H groups in total. The molecule has 0 bridgehead atoms. The largest absolute Gasteiger partial charge is 0.462 e. The molecule has 0 aromatic carbocycles. The maximum absolute atomic E-state index is 11.2. The van der Waals surface area contributed by atoms with E-state index < -0.39 is 0 Å². The van der Waals surface area contributed by atoms with Gasteiger partial charge in [0.05, 0.1) is 18.1 Å². The molecule has 2 aliphatic heterocycles. The zero-order valence-corrected chi connectivity index (χ0v) is 7.90. The number of hydrogen-bond donors (Lipinski definition) is 0. The normalized spacial score (nSPS) is 51.9. The molecule has 1 unspecified atom stereocenters. The molecule has 3 rings (SSSR count). The number of carbonyl (C=O) groups excluding carboxylic acids is 1. The van der Waals surface area contributed by atoms with Gasteiger partial charge in [0.15, 0.2) is 0 Å². The first kappa shape index (κ1) is 7.80. The van der Waals surface area contributed by atoms with Gasteiger partial charge >= 0.3 is 5.97 Å². The quantitative estimate of drug-likeness (QED) is 0.567. The number of carbonyl (C=O) groups is 1. The van der Waals surface area contributed by atoms with Crippen LogP contribution >= 0.6 is 0 Å². The summed E-state index contributed by atoms with van der Waals surface area (Å²) in [7, 11) is 0. The third-order valence-electron chi connectivity index (χ3n) is 3.52. The van der Waals surface area contributed by atoms with E-state index in [9.17, 15) is 4.79 Å². The van der Waals surface area contributed by atoms with Crippen LogP contribution in [0.4, 0.5) is 0 Å². The average Bonchev–Trinajstić information content (AvgIpc) is 2.67.